The fraction of sp³-hybridized carbons (Fsp3) is 0.375. The highest BCUT2D eigenvalue weighted by Crippen LogP contribution is 2.32. The molecule has 1 heterocycles. The lowest BCUT2D eigenvalue weighted by atomic mass is 10.2. The van der Waals surface area contributed by atoms with Crippen LogP contribution in [-0.4, -0.2) is 24.8 Å². The predicted octanol–water partition coefficient (Wildman–Crippen LogP) is 3.27. The van der Waals surface area contributed by atoms with Gasteiger partial charge >= 0.3 is 0 Å². The molecule has 23 heavy (non-hydrogen) atoms. The molecule has 1 atom stereocenters. The van der Waals surface area contributed by atoms with Crippen LogP contribution in [0.1, 0.15) is 41.0 Å². The van der Waals surface area contributed by atoms with Crippen LogP contribution in [0.5, 0.6) is 0 Å². The Labute approximate surface area is 141 Å². The van der Waals surface area contributed by atoms with Crippen LogP contribution >= 0.6 is 11.3 Å². The first-order valence-electron chi connectivity index (χ1n) is 7.25. The molecule has 1 aromatic heterocycles. The topological polar surface area (TPSA) is 74.1 Å². The quantitative estimate of drug-likeness (QED) is 0.830. The van der Waals surface area contributed by atoms with Crippen molar-refractivity contribution in [3.05, 3.63) is 45.4 Å². The summed E-state index contributed by atoms with van der Waals surface area (Å²) in [5.41, 5.74) is 1.20. The minimum atomic E-state index is -3.67. The van der Waals surface area contributed by atoms with Crippen molar-refractivity contribution in [3.63, 3.8) is 0 Å². The van der Waals surface area contributed by atoms with Crippen molar-refractivity contribution in [1.82, 2.24) is 9.29 Å². The average Bonchev–Trinajstić information content (AvgIpc) is 2.94. The second-order valence-electron chi connectivity index (χ2n) is 5.25. The van der Waals surface area contributed by atoms with Crippen LogP contribution in [0.2, 0.25) is 0 Å². The van der Waals surface area contributed by atoms with Crippen molar-refractivity contribution in [3.8, 4) is 6.07 Å². The first-order valence-corrected chi connectivity index (χ1v) is 9.51. The van der Waals surface area contributed by atoms with Crippen LogP contribution in [0.4, 0.5) is 0 Å². The molecule has 122 valence electrons. The fourth-order valence-electron chi connectivity index (χ4n) is 2.27. The number of aromatic nitrogens is 1. The number of benzene rings is 1. The van der Waals surface area contributed by atoms with Crippen molar-refractivity contribution in [2.24, 2.45) is 0 Å². The third-order valence-electron chi connectivity index (χ3n) is 3.74. The summed E-state index contributed by atoms with van der Waals surface area (Å²) in [5.74, 6) is 0. The summed E-state index contributed by atoms with van der Waals surface area (Å²) in [6, 6.07) is 7.73. The molecule has 5 nitrogen and oxygen atoms in total. The largest absolute Gasteiger partial charge is 0.246 e. The van der Waals surface area contributed by atoms with Crippen LogP contribution in [-0.2, 0) is 16.4 Å². The van der Waals surface area contributed by atoms with Gasteiger partial charge in [-0.15, -0.1) is 11.3 Å². The van der Waals surface area contributed by atoms with Crippen LogP contribution in [0.15, 0.2) is 29.2 Å². The van der Waals surface area contributed by atoms with E-state index in [4.69, 9.17) is 5.26 Å². The number of rotatable bonds is 5. The Morgan fingerprint density at radius 1 is 1.43 bits per heavy atom. The van der Waals surface area contributed by atoms with E-state index in [0.29, 0.717) is 5.56 Å². The second-order valence-corrected chi connectivity index (χ2v) is 8.36. The lowest BCUT2D eigenvalue weighted by Crippen LogP contribution is -2.29. The maximum absolute atomic E-state index is 12.8. The highest BCUT2D eigenvalue weighted by molar-refractivity contribution is 7.89. The van der Waals surface area contributed by atoms with Gasteiger partial charge in [0.2, 0.25) is 10.0 Å². The van der Waals surface area contributed by atoms with Crippen LogP contribution in [0, 0.1) is 18.3 Å². The van der Waals surface area contributed by atoms with Gasteiger partial charge in [0.1, 0.15) is 0 Å². The van der Waals surface area contributed by atoms with Gasteiger partial charge in [-0.1, -0.05) is 13.0 Å². The van der Waals surface area contributed by atoms with Crippen molar-refractivity contribution in [2.45, 2.75) is 38.1 Å². The summed E-state index contributed by atoms with van der Waals surface area (Å²) in [6.07, 6.45) is 0.832. The Morgan fingerprint density at radius 2 is 2.13 bits per heavy atom. The third kappa shape index (κ3) is 3.44. The maximum Gasteiger partial charge on any atom is 0.243 e. The molecule has 0 unspecified atom stereocenters. The zero-order valence-corrected chi connectivity index (χ0v) is 15.2. The Morgan fingerprint density at radius 3 is 2.70 bits per heavy atom. The first-order chi connectivity index (χ1) is 10.8. The van der Waals surface area contributed by atoms with Crippen molar-refractivity contribution in [1.29, 1.82) is 5.26 Å². The second kappa shape index (κ2) is 6.79. The standard InChI is InChI=1S/C16H19N3O2S2/c1-5-15-18-11(2)16(22-15)12(3)19(4)23(20,21)14-8-6-7-13(9-14)10-17/h6-9,12H,5H2,1-4H3/t12-/m0/s1. The predicted molar refractivity (Wildman–Crippen MR) is 90.7 cm³/mol. The summed E-state index contributed by atoms with van der Waals surface area (Å²) in [7, 11) is -2.11. The van der Waals surface area contributed by atoms with E-state index in [1.54, 1.807) is 30.5 Å². The van der Waals surface area contributed by atoms with Gasteiger partial charge in [-0.25, -0.2) is 13.4 Å². The molecule has 0 spiro atoms. The molecule has 0 radical (unpaired) electrons. The molecule has 0 aliphatic rings. The Hall–Kier alpha value is -1.75. The maximum atomic E-state index is 12.8. The summed E-state index contributed by atoms with van der Waals surface area (Å²) in [4.78, 5) is 5.55. The zero-order chi connectivity index (χ0) is 17.2. The summed E-state index contributed by atoms with van der Waals surface area (Å²) >= 11 is 1.55. The van der Waals surface area contributed by atoms with Crippen LogP contribution in [0.25, 0.3) is 0 Å². The number of nitriles is 1. The molecule has 0 N–H and O–H groups in total. The lowest BCUT2D eigenvalue weighted by Gasteiger charge is -2.24. The van der Waals surface area contributed by atoms with Gasteiger partial charge in [-0.2, -0.15) is 9.57 Å². The summed E-state index contributed by atoms with van der Waals surface area (Å²) in [6.45, 7) is 5.78. The van der Waals surface area contributed by atoms with E-state index in [0.717, 1.165) is 22.0 Å². The molecule has 0 aliphatic carbocycles. The van der Waals surface area contributed by atoms with Crippen molar-refractivity contribution < 1.29 is 8.42 Å². The summed E-state index contributed by atoms with van der Waals surface area (Å²) < 4.78 is 26.9. The number of sulfonamides is 1. The van der Waals surface area contributed by atoms with E-state index in [-0.39, 0.29) is 10.9 Å². The normalized spacial score (nSPS) is 13.0. The molecule has 2 aromatic rings. The number of hydrogen-bond donors (Lipinski definition) is 0. The molecule has 0 saturated carbocycles. The van der Waals surface area contributed by atoms with Gasteiger partial charge in [0.05, 0.1) is 33.3 Å². The number of hydrogen-bond acceptors (Lipinski definition) is 5. The zero-order valence-electron chi connectivity index (χ0n) is 13.6. The Kier molecular flexibility index (Phi) is 5.19. The lowest BCUT2D eigenvalue weighted by molar-refractivity contribution is 0.401. The highest BCUT2D eigenvalue weighted by Gasteiger charge is 2.28. The highest BCUT2D eigenvalue weighted by atomic mass is 32.2. The minimum absolute atomic E-state index is 0.129. The van der Waals surface area contributed by atoms with E-state index in [1.165, 1.54) is 16.4 Å². The van der Waals surface area contributed by atoms with E-state index >= 15 is 0 Å². The summed E-state index contributed by atoms with van der Waals surface area (Å²) in [5, 5.41) is 9.96. The van der Waals surface area contributed by atoms with Gasteiger partial charge in [0.25, 0.3) is 0 Å². The monoisotopic (exact) mass is 349 g/mol. The van der Waals surface area contributed by atoms with Gasteiger partial charge in [-0.3, -0.25) is 0 Å². The molecule has 1 aromatic carbocycles. The van der Waals surface area contributed by atoms with E-state index < -0.39 is 10.0 Å². The Balaban J connectivity index is 2.39. The molecule has 0 bridgehead atoms. The molecular weight excluding hydrogens is 330 g/mol. The third-order valence-corrected chi connectivity index (χ3v) is 7.14. The average molecular weight is 349 g/mol. The van der Waals surface area contributed by atoms with Crippen molar-refractivity contribution >= 4 is 21.4 Å². The molecule has 0 aliphatic heterocycles. The minimum Gasteiger partial charge on any atom is -0.246 e. The van der Waals surface area contributed by atoms with Crippen molar-refractivity contribution in [2.75, 3.05) is 7.05 Å². The van der Waals surface area contributed by atoms with Gasteiger partial charge in [-0.05, 0) is 38.5 Å². The number of nitrogens with zero attached hydrogens (tertiary/aromatic N) is 3. The number of thiazole rings is 1. The molecule has 7 heteroatoms. The molecule has 2 rings (SSSR count). The van der Waals surface area contributed by atoms with Crippen LogP contribution in [0.3, 0.4) is 0 Å². The smallest absolute Gasteiger partial charge is 0.243 e. The molecule has 0 saturated heterocycles. The van der Waals surface area contributed by atoms with E-state index in [2.05, 4.69) is 4.98 Å². The SMILES string of the molecule is CCc1nc(C)c([C@H](C)N(C)S(=O)(=O)c2cccc(C#N)c2)s1. The first kappa shape index (κ1) is 17.6. The van der Waals surface area contributed by atoms with Gasteiger partial charge in [0.15, 0.2) is 0 Å². The van der Waals surface area contributed by atoms with Crippen LogP contribution < -0.4 is 0 Å². The van der Waals surface area contributed by atoms with E-state index in [1.807, 2.05) is 26.8 Å². The Bertz CT molecular complexity index is 850. The molecule has 0 fully saturated rings. The van der Waals surface area contributed by atoms with Gasteiger partial charge in [0, 0.05) is 11.9 Å². The molecular formula is C16H19N3O2S2. The number of aryl methyl sites for hydroxylation is 2. The van der Waals surface area contributed by atoms with Gasteiger partial charge < -0.3 is 0 Å². The molecule has 0 amide bonds. The fourth-order valence-corrected chi connectivity index (χ4v) is 4.82. The van der Waals surface area contributed by atoms with E-state index in [9.17, 15) is 8.42 Å².